The normalized spacial score (nSPS) is 12.4. The molecule has 1 unspecified atom stereocenters. The van der Waals surface area contributed by atoms with E-state index in [-0.39, 0.29) is 24.0 Å². The highest BCUT2D eigenvalue weighted by molar-refractivity contribution is 7.90. The van der Waals surface area contributed by atoms with E-state index in [2.05, 4.69) is 0 Å². The third kappa shape index (κ3) is 5.93. The third-order valence-electron chi connectivity index (χ3n) is 4.85. The molecule has 0 saturated carbocycles. The fourth-order valence-corrected chi connectivity index (χ4v) is 3.95. The topological polar surface area (TPSA) is 107 Å². The first kappa shape index (κ1) is 22.5. The highest BCUT2D eigenvalue weighted by Crippen LogP contribution is 2.28. The number of hydrogen-bond acceptors (Lipinski definition) is 5. The van der Waals surface area contributed by atoms with Crippen LogP contribution >= 0.6 is 0 Å². The van der Waals surface area contributed by atoms with Crippen LogP contribution in [0.15, 0.2) is 71.6 Å². The Morgan fingerprint density at radius 3 is 2.45 bits per heavy atom. The highest BCUT2D eigenvalue weighted by atomic mass is 32.2. The van der Waals surface area contributed by atoms with Crippen molar-refractivity contribution in [3.05, 3.63) is 83.4 Å². The first-order valence-corrected chi connectivity index (χ1v) is 11.6. The fourth-order valence-electron chi connectivity index (χ4n) is 3.24. The van der Waals surface area contributed by atoms with Gasteiger partial charge in [0.05, 0.1) is 11.3 Å². The standard InChI is InChI=1S/C24H25NO5S/c1-16(25)18-7-5-8-19(12-18)21-10-17(11-22(13-21)31(2,28)29)15-30-23-9-4-3-6-20(23)14-24(26)27/h3-13,16H,14-15,25H2,1-2H3,(H,26,27). The molecule has 3 rings (SSSR count). The van der Waals surface area contributed by atoms with E-state index in [1.807, 2.05) is 37.3 Å². The summed E-state index contributed by atoms with van der Waals surface area (Å²) in [6.45, 7) is 1.99. The van der Waals surface area contributed by atoms with Crippen molar-refractivity contribution in [1.82, 2.24) is 0 Å². The minimum atomic E-state index is -3.45. The molecule has 0 radical (unpaired) electrons. The lowest BCUT2D eigenvalue weighted by atomic mass is 9.99. The molecule has 3 aromatic rings. The van der Waals surface area contributed by atoms with E-state index in [1.54, 1.807) is 36.4 Å². The number of carboxylic acids is 1. The van der Waals surface area contributed by atoms with E-state index in [0.29, 0.717) is 16.9 Å². The molecule has 0 aliphatic heterocycles. The Kier molecular flexibility index (Phi) is 6.77. The van der Waals surface area contributed by atoms with E-state index in [9.17, 15) is 13.2 Å². The summed E-state index contributed by atoms with van der Waals surface area (Å²) in [5, 5.41) is 9.10. The largest absolute Gasteiger partial charge is 0.489 e. The van der Waals surface area contributed by atoms with Crippen LogP contribution in [0.5, 0.6) is 5.75 Å². The van der Waals surface area contributed by atoms with Crippen LogP contribution in [0.1, 0.15) is 29.7 Å². The second-order valence-corrected chi connectivity index (χ2v) is 9.53. The Morgan fingerprint density at radius 1 is 1.03 bits per heavy atom. The van der Waals surface area contributed by atoms with Crippen molar-refractivity contribution >= 4 is 15.8 Å². The summed E-state index contributed by atoms with van der Waals surface area (Å²) in [4.78, 5) is 11.3. The summed E-state index contributed by atoms with van der Waals surface area (Å²) < 4.78 is 30.4. The zero-order valence-electron chi connectivity index (χ0n) is 17.4. The molecule has 0 bridgehead atoms. The van der Waals surface area contributed by atoms with E-state index in [0.717, 1.165) is 22.9 Å². The molecular formula is C24H25NO5S. The number of aliphatic carboxylic acids is 1. The monoisotopic (exact) mass is 439 g/mol. The second kappa shape index (κ2) is 9.32. The summed E-state index contributed by atoms with van der Waals surface area (Å²) in [6.07, 6.45) is 1.01. The number of benzene rings is 3. The summed E-state index contributed by atoms with van der Waals surface area (Å²) in [5.41, 5.74) is 9.75. The molecule has 0 amide bonds. The van der Waals surface area contributed by atoms with Gasteiger partial charge in [0.1, 0.15) is 12.4 Å². The molecular weight excluding hydrogens is 414 g/mol. The Bertz CT molecular complexity index is 1200. The maximum atomic E-state index is 12.3. The lowest BCUT2D eigenvalue weighted by Gasteiger charge is -2.14. The summed E-state index contributed by atoms with van der Waals surface area (Å²) in [7, 11) is -3.45. The van der Waals surface area contributed by atoms with Gasteiger partial charge in [-0.05, 0) is 59.5 Å². The van der Waals surface area contributed by atoms with Crippen molar-refractivity contribution in [1.29, 1.82) is 0 Å². The number of rotatable bonds is 8. The number of nitrogens with two attached hydrogens (primary N) is 1. The summed E-state index contributed by atoms with van der Waals surface area (Å²) in [5.74, 6) is -0.499. The van der Waals surface area contributed by atoms with E-state index >= 15 is 0 Å². The third-order valence-corrected chi connectivity index (χ3v) is 5.94. The predicted octanol–water partition coefficient (Wildman–Crippen LogP) is 3.98. The highest BCUT2D eigenvalue weighted by Gasteiger charge is 2.14. The molecule has 0 heterocycles. The maximum absolute atomic E-state index is 12.3. The van der Waals surface area contributed by atoms with E-state index < -0.39 is 15.8 Å². The van der Waals surface area contributed by atoms with E-state index in [1.165, 1.54) is 0 Å². The number of sulfone groups is 1. The van der Waals surface area contributed by atoms with Crippen LogP contribution in [0.2, 0.25) is 0 Å². The molecule has 31 heavy (non-hydrogen) atoms. The molecule has 0 aliphatic carbocycles. The van der Waals surface area contributed by atoms with Crippen LogP contribution in [-0.2, 0) is 27.7 Å². The number of hydrogen-bond donors (Lipinski definition) is 2. The van der Waals surface area contributed by atoms with Crippen LogP contribution in [0, 0.1) is 0 Å². The fraction of sp³-hybridized carbons (Fsp3) is 0.208. The lowest BCUT2D eigenvalue weighted by molar-refractivity contribution is -0.136. The second-order valence-electron chi connectivity index (χ2n) is 7.52. The van der Waals surface area contributed by atoms with Gasteiger partial charge in [-0.3, -0.25) is 4.79 Å². The number of para-hydroxylation sites is 1. The van der Waals surface area contributed by atoms with E-state index in [4.69, 9.17) is 15.6 Å². The first-order chi connectivity index (χ1) is 14.6. The molecule has 1 atom stereocenters. The van der Waals surface area contributed by atoms with Gasteiger partial charge in [-0.25, -0.2) is 8.42 Å². The smallest absolute Gasteiger partial charge is 0.307 e. The van der Waals surface area contributed by atoms with Crippen molar-refractivity contribution in [3.8, 4) is 16.9 Å². The SMILES string of the molecule is CC(N)c1cccc(-c2cc(COc3ccccc3CC(=O)O)cc(S(C)(=O)=O)c2)c1. The molecule has 0 aliphatic rings. The van der Waals surface area contributed by atoms with Crippen molar-refractivity contribution in [3.63, 3.8) is 0 Å². The van der Waals surface area contributed by atoms with Crippen molar-refractivity contribution < 1.29 is 23.1 Å². The molecule has 7 heteroatoms. The molecule has 0 fully saturated rings. The molecule has 3 N–H and O–H groups in total. The Balaban J connectivity index is 1.97. The molecule has 162 valence electrons. The van der Waals surface area contributed by atoms with Gasteiger partial charge < -0.3 is 15.6 Å². The molecule has 6 nitrogen and oxygen atoms in total. The van der Waals surface area contributed by atoms with Gasteiger partial charge in [0, 0.05) is 17.9 Å². The molecule has 0 spiro atoms. The van der Waals surface area contributed by atoms with Crippen molar-refractivity contribution in [2.45, 2.75) is 30.9 Å². The van der Waals surface area contributed by atoms with Gasteiger partial charge in [0.15, 0.2) is 9.84 Å². The average molecular weight is 440 g/mol. The van der Waals surface area contributed by atoms with Crippen LogP contribution in [0.25, 0.3) is 11.1 Å². The van der Waals surface area contributed by atoms with Gasteiger partial charge in [0.2, 0.25) is 0 Å². The lowest BCUT2D eigenvalue weighted by Crippen LogP contribution is -2.06. The average Bonchev–Trinajstić information content (AvgIpc) is 2.72. The summed E-state index contributed by atoms with van der Waals surface area (Å²) in [6, 6.07) is 19.5. The Morgan fingerprint density at radius 2 is 1.77 bits per heavy atom. The van der Waals surface area contributed by atoms with Crippen molar-refractivity contribution in [2.75, 3.05) is 6.26 Å². The minimum absolute atomic E-state index is 0.0972. The quantitative estimate of drug-likeness (QED) is 0.550. The van der Waals surface area contributed by atoms with Gasteiger partial charge in [-0.2, -0.15) is 0 Å². The molecule has 3 aromatic carbocycles. The first-order valence-electron chi connectivity index (χ1n) is 9.76. The Hall–Kier alpha value is -3.16. The van der Waals surface area contributed by atoms with Crippen LogP contribution in [0.4, 0.5) is 0 Å². The number of ether oxygens (including phenoxy) is 1. The van der Waals surface area contributed by atoms with Crippen LogP contribution in [-0.4, -0.2) is 25.7 Å². The van der Waals surface area contributed by atoms with Gasteiger partial charge >= 0.3 is 5.97 Å². The van der Waals surface area contributed by atoms with Gasteiger partial charge in [-0.1, -0.05) is 36.4 Å². The Labute approximate surface area is 182 Å². The molecule has 0 saturated heterocycles. The zero-order chi connectivity index (χ0) is 22.6. The molecule has 0 aromatic heterocycles. The zero-order valence-corrected chi connectivity index (χ0v) is 18.2. The number of carbonyl (C=O) groups is 1. The van der Waals surface area contributed by atoms with Crippen LogP contribution in [0.3, 0.4) is 0 Å². The van der Waals surface area contributed by atoms with Gasteiger partial charge in [-0.15, -0.1) is 0 Å². The number of carboxylic acid groups (broad SMARTS) is 1. The van der Waals surface area contributed by atoms with Gasteiger partial charge in [0.25, 0.3) is 0 Å². The maximum Gasteiger partial charge on any atom is 0.307 e. The van der Waals surface area contributed by atoms with Crippen LogP contribution < -0.4 is 10.5 Å². The predicted molar refractivity (Wildman–Crippen MR) is 120 cm³/mol. The van der Waals surface area contributed by atoms with Crippen molar-refractivity contribution in [2.24, 2.45) is 5.73 Å². The minimum Gasteiger partial charge on any atom is -0.489 e. The summed E-state index contributed by atoms with van der Waals surface area (Å²) >= 11 is 0.